The first kappa shape index (κ1) is 31.9. The van der Waals surface area contributed by atoms with Gasteiger partial charge in [0.05, 0.1) is 29.2 Å². The van der Waals surface area contributed by atoms with Crippen molar-refractivity contribution in [1.82, 2.24) is 4.90 Å². The fourth-order valence-electron chi connectivity index (χ4n) is 8.20. The van der Waals surface area contributed by atoms with Crippen molar-refractivity contribution in [2.75, 3.05) is 29.5 Å². The van der Waals surface area contributed by atoms with E-state index in [0.29, 0.717) is 25.1 Å². The van der Waals surface area contributed by atoms with E-state index >= 15 is 9.59 Å². The molecule has 4 aromatic rings. The van der Waals surface area contributed by atoms with Gasteiger partial charge in [-0.2, -0.15) is 0 Å². The van der Waals surface area contributed by atoms with Crippen LogP contribution in [0.3, 0.4) is 0 Å². The number of carbonyl (C=O) groups is 3. The number of likely N-dealkylation sites (tertiary alicyclic amines) is 1. The molecule has 7 rings (SSSR count). The minimum absolute atomic E-state index is 0.113. The summed E-state index contributed by atoms with van der Waals surface area (Å²) in [5.74, 6) is -1.97. The average Bonchev–Trinajstić information content (AvgIpc) is 3.77. The van der Waals surface area contributed by atoms with Gasteiger partial charge in [0.1, 0.15) is 6.04 Å². The number of hydrogen-bond acceptors (Lipinski definition) is 5. The number of amides is 3. The van der Waals surface area contributed by atoms with Crippen molar-refractivity contribution in [1.29, 1.82) is 0 Å². The molecule has 7 nitrogen and oxygen atoms in total. The molecule has 2 bridgehead atoms. The lowest BCUT2D eigenvalue weighted by molar-refractivity contribution is -0.142. The fraction of sp³-hybridized carbons (Fsp3) is 0.275. The summed E-state index contributed by atoms with van der Waals surface area (Å²) in [5.41, 5.74) is 2.19. The summed E-state index contributed by atoms with van der Waals surface area (Å²) in [5, 5.41) is 12.9. The molecule has 1 spiro atoms. The Morgan fingerprint density at radius 1 is 0.854 bits per heavy atom. The SMILES string of the molecule is C=CCN(C(=O)C1N([C@H](CO)c2ccccc2)C(=O)[C@@H]2[C@H](C(=O)N(CC=C)c3ccccc3)[C@@H]3CCC12S3)c1ccc2ccccc2c1. The zero-order valence-electron chi connectivity index (χ0n) is 26.7. The Morgan fingerprint density at radius 3 is 2.15 bits per heavy atom. The molecule has 48 heavy (non-hydrogen) atoms. The summed E-state index contributed by atoms with van der Waals surface area (Å²) in [6.45, 7) is 8.05. The van der Waals surface area contributed by atoms with E-state index in [0.717, 1.165) is 22.0 Å². The number of benzene rings is 4. The number of thioether (sulfide) groups is 1. The van der Waals surface area contributed by atoms with Crippen LogP contribution in [0.2, 0.25) is 0 Å². The first-order valence-corrected chi connectivity index (χ1v) is 17.4. The number of rotatable bonds is 11. The van der Waals surface area contributed by atoms with Crippen LogP contribution in [-0.2, 0) is 14.4 Å². The minimum atomic E-state index is -0.906. The van der Waals surface area contributed by atoms with Crippen LogP contribution in [0.25, 0.3) is 10.8 Å². The van der Waals surface area contributed by atoms with Gasteiger partial charge < -0.3 is 19.8 Å². The van der Waals surface area contributed by atoms with Gasteiger partial charge in [0, 0.05) is 29.7 Å². The van der Waals surface area contributed by atoms with Crippen LogP contribution in [0.1, 0.15) is 24.4 Å². The predicted octanol–water partition coefficient (Wildman–Crippen LogP) is 6.40. The van der Waals surface area contributed by atoms with Gasteiger partial charge in [-0.25, -0.2) is 0 Å². The lowest BCUT2D eigenvalue weighted by Gasteiger charge is -2.40. The summed E-state index contributed by atoms with van der Waals surface area (Å²) in [7, 11) is 0. The number of fused-ring (bicyclic) bond motifs is 2. The van der Waals surface area contributed by atoms with Crippen LogP contribution in [0.15, 0.2) is 128 Å². The molecular formula is C40H39N3O4S. The van der Waals surface area contributed by atoms with E-state index in [4.69, 9.17) is 0 Å². The predicted molar refractivity (Wildman–Crippen MR) is 193 cm³/mol. The number of aliphatic hydroxyl groups is 1. The molecule has 3 heterocycles. The second-order valence-electron chi connectivity index (χ2n) is 12.8. The Labute approximate surface area is 285 Å². The Morgan fingerprint density at radius 2 is 1.48 bits per heavy atom. The van der Waals surface area contributed by atoms with E-state index < -0.39 is 28.7 Å². The van der Waals surface area contributed by atoms with Crippen LogP contribution in [0.5, 0.6) is 0 Å². The lowest BCUT2D eigenvalue weighted by Crippen LogP contribution is -2.56. The topological polar surface area (TPSA) is 81.2 Å². The molecule has 0 aliphatic carbocycles. The highest BCUT2D eigenvalue weighted by Crippen LogP contribution is 2.67. The monoisotopic (exact) mass is 657 g/mol. The zero-order valence-corrected chi connectivity index (χ0v) is 27.5. The van der Waals surface area contributed by atoms with Crippen LogP contribution in [0.4, 0.5) is 11.4 Å². The van der Waals surface area contributed by atoms with Crippen molar-refractivity contribution >= 4 is 51.6 Å². The average molecular weight is 658 g/mol. The molecular weight excluding hydrogens is 619 g/mol. The fourth-order valence-corrected chi connectivity index (χ4v) is 10.4. The molecule has 8 heteroatoms. The third-order valence-electron chi connectivity index (χ3n) is 10.2. The summed E-state index contributed by atoms with van der Waals surface area (Å²) in [4.78, 5) is 49.9. The second kappa shape index (κ2) is 13.1. The van der Waals surface area contributed by atoms with Gasteiger partial charge in [-0.1, -0.05) is 91.0 Å². The molecule has 0 aromatic heterocycles. The zero-order chi connectivity index (χ0) is 33.4. The summed E-state index contributed by atoms with van der Waals surface area (Å²) in [6, 6.07) is 31.1. The van der Waals surface area contributed by atoms with E-state index in [1.54, 1.807) is 38.6 Å². The third kappa shape index (κ3) is 5.15. The number of para-hydroxylation sites is 1. The number of anilines is 2. The summed E-state index contributed by atoms with van der Waals surface area (Å²) < 4.78 is -0.839. The number of aliphatic hydroxyl groups excluding tert-OH is 1. The molecule has 3 aliphatic rings. The maximum absolute atomic E-state index is 15.2. The van der Waals surface area contributed by atoms with Crippen LogP contribution in [-0.4, -0.2) is 63.5 Å². The van der Waals surface area contributed by atoms with Crippen molar-refractivity contribution in [3.8, 4) is 0 Å². The molecule has 0 saturated carbocycles. The van der Waals surface area contributed by atoms with Crippen molar-refractivity contribution in [2.24, 2.45) is 11.8 Å². The highest BCUT2D eigenvalue weighted by molar-refractivity contribution is 8.02. The summed E-state index contributed by atoms with van der Waals surface area (Å²) >= 11 is 1.63. The lowest BCUT2D eigenvalue weighted by atomic mass is 9.70. The van der Waals surface area contributed by atoms with E-state index in [1.807, 2.05) is 103 Å². The normalized spacial score (nSPS) is 24.7. The number of hydrogen-bond donors (Lipinski definition) is 1. The van der Waals surface area contributed by atoms with Crippen molar-refractivity contribution in [2.45, 2.75) is 34.9 Å². The van der Waals surface area contributed by atoms with Crippen LogP contribution >= 0.6 is 11.8 Å². The molecule has 4 aromatic carbocycles. The highest BCUT2D eigenvalue weighted by Gasteiger charge is 2.74. The van der Waals surface area contributed by atoms with Crippen molar-refractivity contribution < 1.29 is 19.5 Å². The van der Waals surface area contributed by atoms with Gasteiger partial charge in [-0.3, -0.25) is 14.4 Å². The van der Waals surface area contributed by atoms with Crippen molar-refractivity contribution in [3.63, 3.8) is 0 Å². The van der Waals surface area contributed by atoms with Gasteiger partial charge in [0.15, 0.2) is 0 Å². The molecule has 3 saturated heterocycles. The van der Waals surface area contributed by atoms with Crippen LogP contribution < -0.4 is 9.80 Å². The first-order valence-electron chi connectivity index (χ1n) is 16.5. The Bertz CT molecular complexity index is 1870. The van der Waals surface area contributed by atoms with Crippen molar-refractivity contribution in [3.05, 3.63) is 134 Å². The van der Waals surface area contributed by atoms with Gasteiger partial charge in [0.2, 0.25) is 11.8 Å². The van der Waals surface area contributed by atoms with Gasteiger partial charge >= 0.3 is 0 Å². The molecule has 0 radical (unpaired) electrons. The largest absolute Gasteiger partial charge is 0.394 e. The number of carbonyl (C=O) groups excluding carboxylic acids is 3. The standard InChI is InChI=1S/C40H39N3O4S/c1-3-23-41(30-17-9-6-10-18-30)37(45)34-33-21-22-40(48-33)35(34)38(46)43(32(26-44)28-14-7-5-8-15-28)36(40)39(47)42(24-4-2)31-20-19-27-13-11-12-16-29(27)25-31/h3-20,25,32-36,44H,1-2,21-24,26H2/t32-,33+,34-,35+,36?,40?/m1/s1. The maximum atomic E-state index is 15.2. The Hall–Kier alpha value is -4.66. The van der Waals surface area contributed by atoms with E-state index in [9.17, 15) is 9.90 Å². The molecule has 1 N–H and O–H groups in total. The molecule has 3 aliphatic heterocycles. The molecule has 244 valence electrons. The number of nitrogens with zero attached hydrogens (tertiary/aromatic N) is 3. The smallest absolute Gasteiger partial charge is 0.251 e. The third-order valence-corrected chi connectivity index (χ3v) is 12.2. The highest BCUT2D eigenvalue weighted by atomic mass is 32.2. The Kier molecular flexibility index (Phi) is 8.71. The molecule has 3 amide bonds. The maximum Gasteiger partial charge on any atom is 0.251 e. The minimum Gasteiger partial charge on any atom is -0.394 e. The van der Waals surface area contributed by atoms with Crippen LogP contribution in [0, 0.1) is 11.8 Å². The molecule has 2 unspecified atom stereocenters. The van der Waals surface area contributed by atoms with Gasteiger partial charge in [-0.15, -0.1) is 24.9 Å². The van der Waals surface area contributed by atoms with E-state index in [2.05, 4.69) is 13.2 Å². The van der Waals surface area contributed by atoms with E-state index in [-0.39, 0.29) is 36.1 Å². The van der Waals surface area contributed by atoms with Gasteiger partial charge in [0.25, 0.3) is 5.91 Å². The quantitative estimate of drug-likeness (QED) is 0.189. The Balaban J connectivity index is 1.35. The second-order valence-corrected chi connectivity index (χ2v) is 14.4. The first-order chi connectivity index (χ1) is 23.4. The van der Waals surface area contributed by atoms with E-state index in [1.165, 1.54) is 0 Å². The molecule has 6 atom stereocenters. The summed E-state index contributed by atoms with van der Waals surface area (Å²) in [6.07, 6.45) is 4.73. The van der Waals surface area contributed by atoms with Gasteiger partial charge in [-0.05, 0) is 53.4 Å². The molecule has 3 fully saturated rings.